The van der Waals surface area contributed by atoms with Gasteiger partial charge in [-0.1, -0.05) is 6.42 Å². The maximum Gasteiger partial charge on any atom is 0.417 e. The van der Waals surface area contributed by atoms with Crippen LogP contribution < -0.4 is 0 Å². The SMILES string of the molecule is C[C@@](O)(C1CC2CCC1C2)C(F)(F)F. The van der Waals surface area contributed by atoms with Crippen LogP contribution in [0.5, 0.6) is 0 Å². The second-order valence-corrected chi connectivity index (χ2v) is 4.93. The Bertz CT molecular complexity index is 234. The molecular formula is C10H15F3O. The van der Waals surface area contributed by atoms with Crippen molar-refractivity contribution >= 4 is 0 Å². The van der Waals surface area contributed by atoms with Gasteiger partial charge in [-0.3, -0.25) is 0 Å². The zero-order valence-electron chi connectivity index (χ0n) is 8.14. The van der Waals surface area contributed by atoms with E-state index in [1.807, 2.05) is 0 Å². The van der Waals surface area contributed by atoms with Crippen LogP contribution in [0.25, 0.3) is 0 Å². The largest absolute Gasteiger partial charge is 0.417 e. The highest BCUT2D eigenvalue weighted by molar-refractivity contribution is 5.01. The molecule has 2 bridgehead atoms. The van der Waals surface area contributed by atoms with Gasteiger partial charge in [-0.2, -0.15) is 13.2 Å². The lowest BCUT2D eigenvalue weighted by Gasteiger charge is -2.37. The zero-order valence-corrected chi connectivity index (χ0v) is 8.14. The predicted molar refractivity (Wildman–Crippen MR) is 45.6 cm³/mol. The van der Waals surface area contributed by atoms with E-state index in [1.165, 1.54) is 0 Å². The average molecular weight is 208 g/mol. The van der Waals surface area contributed by atoms with Crippen molar-refractivity contribution in [3.63, 3.8) is 0 Å². The van der Waals surface area contributed by atoms with Gasteiger partial charge in [0.25, 0.3) is 0 Å². The fourth-order valence-electron chi connectivity index (χ4n) is 3.14. The molecule has 2 aliphatic carbocycles. The lowest BCUT2D eigenvalue weighted by Crippen LogP contribution is -2.50. The van der Waals surface area contributed by atoms with Gasteiger partial charge >= 0.3 is 6.18 Å². The molecule has 0 aromatic heterocycles. The maximum absolute atomic E-state index is 12.6. The molecule has 0 aromatic carbocycles. The highest BCUT2D eigenvalue weighted by Gasteiger charge is 2.59. The first-order chi connectivity index (χ1) is 6.32. The third kappa shape index (κ3) is 1.35. The summed E-state index contributed by atoms with van der Waals surface area (Å²) in [6, 6.07) is 0. The van der Waals surface area contributed by atoms with Crippen molar-refractivity contribution in [1.29, 1.82) is 0 Å². The zero-order chi connectivity index (χ0) is 10.6. The number of aliphatic hydroxyl groups is 1. The molecule has 2 aliphatic rings. The Morgan fingerprint density at radius 1 is 1.14 bits per heavy atom. The number of rotatable bonds is 1. The van der Waals surface area contributed by atoms with Gasteiger partial charge in [0.2, 0.25) is 0 Å². The smallest absolute Gasteiger partial charge is 0.380 e. The molecule has 0 aliphatic heterocycles. The average Bonchev–Trinajstić information content (AvgIpc) is 2.61. The van der Waals surface area contributed by atoms with Crippen LogP contribution in [0.4, 0.5) is 13.2 Å². The first kappa shape index (κ1) is 10.3. The van der Waals surface area contributed by atoms with Gasteiger partial charge in [0.15, 0.2) is 5.60 Å². The predicted octanol–water partition coefficient (Wildman–Crippen LogP) is 2.74. The highest BCUT2D eigenvalue weighted by Crippen LogP contribution is 2.55. The summed E-state index contributed by atoms with van der Waals surface area (Å²) < 4.78 is 37.7. The summed E-state index contributed by atoms with van der Waals surface area (Å²) in [6.45, 7) is 0.929. The molecule has 2 rings (SSSR count). The molecule has 3 unspecified atom stereocenters. The molecule has 4 heteroatoms. The van der Waals surface area contributed by atoms with E-state index in [1.54, 1.807) is 0 Å². The van der Waals surface area contributed by atoms with E-state index in [4.69, 9.17) is 0 Å². The minimum Gasteiger partial charge on any atom is -0.380 e. The van der Waals surface area contributed by atoms with Crippen molar-refractivity contribution in [3.8, 4) is 0 Å². The Kier molecular flexibility index (Phi) is 2.11. The molecule has 0 spiro atoms. The molecule has 1 nitrogen and oxygen atoms in total. The molecule has 82 valence electrons. The van der Waals surface area contributed by atoms with Crippen molar-refractivity contribution in [2.75, 3.05) is 0 Å². The van der Waals surface area contributed by atoms with Gasteiger partial charge in [0.05, 0.1) is 0 Å². The van der Waals surface area contributed by atoms with Gasteiger partial charge in [0.1, 0.15) is 0 Å². The Morgan fingerprint density at radius 2 is 1.79 bits per heavy atom. The van der Waals surface area contributed by atoms with Crippen LogP contribution in [0.3, 0.4) is 0 Å². The van der Waals surface area contributed by atoms with Crippen LogP contribution in [0.2, 0.25) is 0 Å². The molecule has 1 N–H and O–H groups in total. The standard InChI is InChI=1S/C10H15F3O/c1-9(14,10(11,12)13)8-5-6-2-3-7(8)4-6/h6-8,14H,2-5H2,1H3/t6?,7?,8?,9-/m1/s1. The Balaban J connectivity index is 2.16. The highest BCUT2D eigenvalue weighted by atomic mass is 19.4. The first-order valence-electron chi connectivity index (χ1n) is 5.11. The van der Waals surface area contributed by atoms with E-state index in [0.29, 0.717) is 12.3 Å². The second-order valence-electron chi connectivity index (χ2n) is 4.93. The van der Waals surface area contributed by atoms with Crippen LogP contribution in [0, 0.1) is 17.8 Å². The van der Waals surface area contributed by atoms with E-state index >= 15 is 0 Å². The molecular weight excluding hydrogens is 193 g/mol. The van der Waals surface area contributed by atoms with E-state index in [0.717, 1.165) is 26.2 Å². The lowest BCUT2D eigenvalue weighted by molar-refractivity contribution is -0.277. The van der Waals surface area contributed by atoms with Crippen LogP contribution >= 0.6 is 0 Å². The fourth-order valence-corrected chi connectivity index (χ4v) is 3.14. The summed E-state index contributed by atoms with van der Waals surface area (Å²) in [5.74, 6) is -0.0447. The minimum atomic E-state index is -4.48. The van der Waals surface area contributed by atoms with Gasteiger partial charge in [-0.25, -0.2) is 0 Å². The van der Waals surface area contributed by atoms with Gasteiger partial charge in [-0.05, 0) is 43.9 Å². The maximum atomic E-state index is 12.6. The molecule has 14 heavy (non-hydrogen) atoms. The summed E-state index contributed by atoms with van der Waals surface area (Å²) in [7, 11) is 0. The minimum absolute atomic E-state index is 0.0941. The van der Waals surface area contributed by atoms with Gasteiger partial charge in [-0.15, -0.1) is 0 Å². The van der Waals surface area contributed by atoms with Crippen molar-refractivity contribution in [3.05, 3.63) is 0 Å². The summed E-state index contributed by atoms with van der Waals surface area (Å²) in [6.07, 6.45) is -1.13. The van der Waals surface area contributed by atoms with E-state index in [-0.39, 0.29) is 5.92 Å². The fraction of sp³-hybridized carbons (Fsp3) is 1.00. The summed E-state index contributed by atoms with van der Waals surface area (Å²) >= 11 is 0. The molecule has 0 amide bonds. The van der Waals surface area contributed by atoms with Crippen LogP contribution in [0.15, 0.2) is 0 Å². The third-order valence-electron chi connectivity index (χ3n) is 4.03. The molecule has 0 aromatic rings. The van der Waals surface area contributed by atoms with Gasteiger partial charge < -0.3 is 5.11 Å². The number of hydrogen-bond acceptors (Lipinski definition) is 1. The summed E-state index contributed by atoms with van der Waals surface area (Å²) in [5, 5.41) is 9.55. The van der Waals surface area contributed by atoms with Crippen molar-refractivity contribution < 1.29 is 18.3 Å². The molecule has 2 saturated carbocycles. The van der Waals surface area contributed by atoms with Gasteiger partial charge in [0, 0.05) is 0 Å². The van der Waals surface area contributed by atoms with E-state index in [2.05, 4.69) is 0 Å². The molecule has 2 fully saturated rings. The Labute approximate surface area is 81.3 Å². The molecule has 0 radical (unpaired) electrons. The number of alkyl halides is 3. The third-order valence-corrected chi connectivity index (χ3v) is 4.03. The summed E-state index contributed by atoms with van der Waals surface area (Å²) in [4.78, 5) is 0. The van der Waals surface area contributed by atoms with Crippen LogP contribution in [-0.2, 0) is 0 Å². The number of fused-ring (bicyclic) bond motifs is 2. The van der Waals surface area contributed by atoms with E-state index < -0.39 is 17.7 Å². The first-order valence-corrected chi connectivity index (χ1v) is 5.11. The summed E-state index contributed by atoms with van der Waals surface area (Å²) in [5.41, 5.74) is -2.48. The number of hydrogen-bond donors (Lipinski definition) is 1. The lowest BCUT2D eigenvalue weighted by atomic mass is 9.77. The monoisotopic (exact) mass is 208 g/mol. The van der Waals surface area contributed by atoms with Crippen LogP contribution in [0.1, 0.15) is 32.6 Å². The van der Waals surface area contributed by atoms with Crippen molar-refractivity contribution in [1.82, 2.24) is 0 Å². The van der Waals surface area contributed by atoms with E-state index in [9.17, 15) is 18.3 Å². The van der Waals surface area contributed by atoms with Crippen LogP contribution in [-0.4, -0.2) is 16.9 Å². The quantitative estimate of drug-likeness (QED) is 0.702. The molecule has 0 heterocycles. The van der Waals surface area contributed by atoms with Crippen molar-refractivity contribution in [2.45, 2.75) is 44.4 Å². The van der Waals surface area contributed by atoms with Crippen molar-refractivity contribution in [2.24, 2.45) is 17.8 Å². The Morgan fingerprint density at radius 3 is 2.14 bits per heavy atom. The number of halogens is 3. The molecule has 0 saturated heterocycles. The molecule has 4 atom stereocenters. The topological polar surface area (TPSA) is 20.2 Å². The normalized spacial score (nSPS) is 41.4. The second kappa shape index (κ2) is 2.87. The Hall–Kier alpha value is -0.250.